The molecule has 3 heterocycles. The molecular formula is C16H15N5O. The van der Waals surface area contributed by atoms with E-state index in [1.54, 1.807) is 18.6 Å². The van der Waals surface area contributed by atoms with E-state index in [9.17, 15) is 4.79 Å². The largest absolute Gasteiger partial charge is 0.329 e. The molecule has 1 atom stereocenters. The van der Waals surface area contributed by atoms with E-state index in [0.717, 1.165) is 36.0 Å². The lowest BCUT2D eigenvalue weighted by Gasteiger charge is -2.23. The molecule has 0 unspecified atom stereocenters. The van der Waals surface area contributed by atoms with Crippen LogP contribution >= 0.6 is 0 Å². The predicted octanol–water partition coefficient (Wildman–Crippen LogP) is 2.33. The van der Waals surface area contributed by atoms with Gasteiger partial charge in [-0.1, -0.05) is 18.2 Å². The summed E-state index contributed by atoms with van der Waals surface area (Å²) in [6.07, 6.45) is 6.92. The highest BCUT2D eigenvalue weighted by Crippen LogP contribution is 2.32. The average molecular weight is 293 g/mol. The van der Waals surface area contributed by atoms with Crippen molar-refractivity contribution in [3.8, 4) is 0 Å². The molecular weight excluding hydrogens is 278 g/mol. The standard InChI is InChI=1S/C16H15N5O/c22-16(15-11-4-1-2-5-12(11)19-20-15)21-9-3-6-14(21)13-10-17-7-8-18-13/h1-2,4-5,7-8,10,14H,3,6,9H2,(H,19,20)/t14-/m1/s1. The van der Waals surface area contributed by atoms with E-state index in [-0.39, 0.29) is 11.9 Å². The second kappa shape index (κ2) is 5.22. The molecule has 6 heteroatoms. The van der Waals surface area contributed by atoms with Gasteiger partial charge in [0.15, 0.2) is 5.69 Å². The van der Waals surface area contributed by atoms with Crippen molar-refractivity contribution in [2.24, 2.45) is 0 Å². The Balaban J connectivity index is 1.70. The minimum atomic E-state index is -0.0504. The minimum absolute atomic E-state index is 0.0170. The van der Waals surface area contributed by atoms with Crippen LogP contribution in [-0.2, 0) is 0 Å². The van der Waals surface area contributed by atoms with Gasteiger partial charge in [-0.15, -0.1) is 0 Å². The number of benzene rings is 1. The summed E-state index contributed by atoms with van der Waals surface area (Å²) < 4.78 is 0. The fourth-order valence-electron chi connectivity index (χ4n) is 3.06. The van der Waals surface area contributed by atoms with Gasteiger partial charge in [0.1, 0.15) is 0 Å². The van der Waals surface area contributed by atoms with Crippen LogP contribution in [0.4, 0.5) is 0 Å². The summed E-state index contributed by atoms with van der Waals surface area (Å²) in [5.74, 6) is -0.0504. The van der Waals surface area contributed by atoms with Crippen LogP contribution in [0.3, 0.4) is 0 Å². The summed E-state index contributed by atoms with van der Waals surface area (Å²) in [6, 6.07) is 7.66. The lowest BCUT2D eigenvalue weighted by molar-refractivity contribution is 0.0728. The molecule has 1 N–H and O–H groups in total. The number of carbonyl (C=O) groups is 1. The van der Waals surface area contributed by atoms with Gasteiger partial charge in [0.05, 0.1) is 23.4 Å². The lowest BCUT2D eigenvalue weighted by atomic mass is 10.1. The van der Waals surface area contributed by atoms with Crippen LogP contribution in [0.2, 0.25) is 0 Å². The zero-order chi connectivity index (χ0) is 14.9. The highest BCUT2D eigenvalue weighted by Gasteiger charge is 2.33. The number of H-pyrrole nitrogens is 1. The maximum atomic E-state index is 12.9. The molecule has 22 heavy (non-hydrogen) atoms. The van der Waals surface area contributed by atoms with E-state index in [0.29, 0.717) is 5.69 Å². The molecule has 6 nitrogen and oxygen atoms in total. The summed E-state index contributed by atoms with van der Waals surface area (Å²) >= 11 is 0. The Bertz CT molecular complexity index is 814. The number of para-hydroxylation sites is 1. The van der Waals surface area contributed by atoms with Gasteiger partial charge >= 0.3 is 0 Å². The van der Waals surface area contributed by atoms with Crippen LogP contribution in [-0.4, -0.2) is 37.5 Å². The molecule has 3 aromatic rings. The number of hydrogen-bond donors (Lipinski definition) is 1. The van der Waals surface area contributed by atoms with Crippen LogP contribution in [0.1, 0.15) is 35.1 Å². The molecule has 4 rings (SSSR count). The first kappa shape index (κ1) is 12.9. The van der Waals surface area contributed by atoms with Crippen molar-refractivity contribution in [2.45, 2.75) is 18.9 Å². The van der Waals surface area contributed by atoms with Crippen LogP contribution in [0.5, 0.6) is 0 Å². The normalized spacial score (nSPS) is 18.0. The van der Waals surface area contributed by atoms with Gasteiger partial charge in [-0.3, -0.25) is 19.9 Å². The zero-order valence-corrected chi connectivity index (χ0v) is 11.9. The maximum Gasteiger partial charge on any atom is 0.275 e. The van der Waals surface area contributed by atoms with E-state index in [1.807, 2.05) is 29.2 Å². The van der Waals surface area contributed by atoms with Gasteiger partial charge in [-0.25, -0.2) is 0 Å². The van der Waals surface area contributed by atoms with Crippen LogP contribution < -0.4 is 0 Å². The number of nitrogens with one attached hydrogen (secondary N) is 1. The fraction of sp³-hybridized carbons (Fsp3) is 0.250. The Hall–Kier alpha value is -2.76. The Morgan fingerprint density at radius 3 is 3.05 bits per heavy atom. The zero-order valence-electron chi connectivity index (χ0n) is 11.9. The SMILES string of the molecule is O=C(c1n[nH]c2ccccc12)N1CCC[C@@H]1c1cnccn1. The Morgan fingerprint density at radius 1 is 1.27 bits per heavy atom. The molecule has 1 aliphatic rings. The topological polar surface area (TPSA) is 74.8 Å². The summed E-state index contributed by atoms with van der Waals surface area (Å²) in [5, 5.41) is 8.00. The number of carbonyl (C=O) groups excluding carboxylic acids is 1. The highest BCUT2D eigenvalue weighted by molar-refractivity contribution is 6.04. The fourth-order valence-corrected chi connectivity index (χ4v) is 3.06. The number of fused-ring (bicyclic) bond motifs is 1. The summed E-state index contributed by atoms with van der Waals surface area (Å²) in [6.45, 7) is 0.723. The number of aromatic amines is 1. The predicted molar refractivity (Wildman–Crippen MR) is 81.1 cm³/mol. The number of nitrogens with zero attached hydrogens (tertiary/aromatic N) is 4. The van der Waals surface area contributed by atoms with Gasteiger partial charge in [-0.2, -0.15) is 5.10 Å². The first-order chi connectivity index (χ1) is 10.8. The molecule has 1 amide bonds. The van der Waals surface area contributed by atoms with Crippen LogP contribution in [0, 0.1) is 0 Å². The molecule has 110 valence electrons. The van der Waals surface area contributed by atoms with Gasteiger partial charge in [-0.05, 0) is 18.9 Å². The number of likely N-dealkylation sites (tertiary alicyclic amines) is 1. The van der Waals surface area contributed by atoms with Crippen molar-refractivity contribution in [3.05, 3.63) is 54.2 Å². The number of rotatable bonds is 2. The molecule has 0 saturated carbocycles. The summed E-state index contributed by atoms with van der Waals surface area (Å²) in [7, 11) is 0. The van der Waals surface area contributed by atoms with Gasteiger partial charge in [0, 0.05) is 24.3 Å². The smallest absolute Gasteiger partial charge is 0.275 e. The quantitative estimate of drug-likeness (QED) is 0.787. The Labute approximate surface area is 127 Å². The van der Waals surface area contributed by atoms with Crippen molar-refractivity contribution >= 4 is 16.8 Å². The Kier molecular flexibility index (Phi) is 3.07. The van der Waals surface area contributed by atoms with Gasteiger partial charge < -0.3 is 4.90 Å². The minimum Gasteiger partial charge on any atom is -0.329 e. The number of amides is 1. The summed E-state index contributed by atoms with van der Waals surface area (Å²) in [5.41, 5.74) is 2.20. The highest BCUT2D eigenvalue weighted by atomic mass is 16.2. The third kappa shape index (κ3) is 2.04. The molecule has 0 aliphatic carbocycles. The molecule has 1 saturated heterocycles. The molecule has 1 aliphatic heterocycles. The van der Waals surface area contributed by atoms with Crippen molar-refractivity contribution < 1.29 is 4.79 Å². The first-order valence-corrected chi connectivity index (χ1v) is 7.34. The number of hydrogen-bond acceptors (Lipinski definition) is 4. The van der Waals surface area contributed by atoms with Crippen LogP contribution in [0.15, 0.2) is 42.9 Å². The molecule has 1 fully saturated rings. The van der Waals surface area contributed by atoms with Gasteiger partial charge in [0.2, 0.25) is 0 Å². The first-order valence-electron chi connectivity index (χ1n) is 7.34. The average Bonchev–Trinajstić information content (AvgIpc) is 3.22. The van der Waals surface area contributed by atoms with Crippen molar-refractivity contribution in [1.82, 2.24) is 25.1 Å². The second-order valence-corrected chi connectivity index (χ2v) is 5.40. The molecule has 2 aromatic heterocycles. The van der Waals surface area contributed by atoms with Crippen molar-refractivity contribution in [1.29, 1.82) is 0 Å². The Morgan fingerprint density at radius 2 is 2.18 bits per heavy atom. The van der Waals surface area contributed by atoms with E-state index in [1.165, 1.54) is 0 Å². The lowest BCUT2D eigenvalue weighted by Crippen LogP contribution is -2.31. The van der Waals surface area contributed by atoms with Gasteiger partial charge in [0.25, 0.3) is 5.91 Å². The third-order valence-electron chi connectivity index (χ3n) is 4.11. The number of aromatic nitrogens is 4. The molecule has 1 aromatic carbocycles. The third-order valence-corrected chi connectivity index (χ3v) is 4.11. The molecule has 0 spiro atoms. The van der Waals surface area contributed by atoms with E-state index in [4.69, 9.17) is 0 Å². The van der Waals surface area contributed by atoms with E-state index >= 15 is 0 Å². The van der Waals surface area contributed by atoms with E-state index < -0.39 is 0 Å². The van der Waals surface area contributed by atoms with Crippen molar-refractivity contribution in [2.75, 3.05) is 6.54 Å². The maximum absolute atomic E-state index is 12.9. The van der Waals surface area contributed by atoms with Crippen LogP contribution in [0.25, 0.3) is 10.9 Å². The monoisotopic (exact) mass is 293 g/mol. The summed E-state index contributed by atoms with van der Waals surface area (Å²) in [4.78, 5) is 23.2. The molecule has 0 radical (unpaired) electrons. The van der Waals surface area contributed by atoms with E-state index in [2.05, 4.69) is 20.2 Å². The molecule has 0 bridgehead atoms. The van der Waals surface area contributed by atoms with Crippen molar-refractivity contribution in [3.63, 3.8) is 0 Å². The second-order valence-electron chi connectivity index (χ2n) is 5.40.